The van der Waals surface area contributed by atoms with E-state index in [9.17, 15) is 14.4 Å². The van der Waals surface area contributed by atoms with Crippen LogP contribution in [0.1, 0.15) is 31.5 Å². The molecule has 0 saturated heterocycles. The van der Waals surface area contributed by atoms with E-state index >= 15 is 0 Å². The molecule has 0 aliphatic carbocycles. The van der Waals surface area contributed by atoms with Gasteiger partial charge in [0.1, 0.15) is 24.0 Å². The maximum absolute atomic E-state index is 12.1. The molecule has 2 aromatic carbocycles. The predicted molar refractivity (Wildman–Crippen MR) is 224 cm³/mol. The fourth-order valence-corrected chi connectivity index (χ4v) is 5.66. The molecule has 18 heteroatoms. The van der Waals surface area contributed by atoms with Crippen LogP contribution < -0.4 is 21.1 Å². The minimum atomic E-state index is -0.189. The van der Waals surface area contributed by atoms with E-state index in [1.807, 2.05) is 36.4 Å². The van der Waals surface area contributed by atoms with Crippen LogP contribution in [0.5, 0.6) is 5.75 Å². The first kappa shape index (κ1) is 49.0. The van der Waals surface area contributed by atoms with Crippen molar-refractivity contribution in [3.05, 3.63) is 53.3 Å². The fraction of sp³-hybridized carbons (Fsp3) is 0.561. The normalized spacial score (nSPS) is 11.3. The number of likely N-dealkylation sites (N-methyl/N-ethyl adjacent to an activating group) is 1. The molecule has 0 radical (unpaired) electrons. The number of ketones is 1. The zero-order valence-corrected chi connectivity index (χ0v) is 35.0. The number of halogens is 1. The number of nitrogens with zero attached hydrogens (tertiary/aromatic N) is 3. The Kier molecular flexibility index (Phi) is 24.8. The summed E-state index contributed by atoms with van der Waals surface area (Å²) in [6, 6.07) is 13.0. The van der Waals surface area contributed by atoms with Crippen LogP contribution in [-0.2, 0) is 49.2 Å². The molecule has 0 spiro atoms. The van der Waals surface area contributed by atoms with E-state index < -0.39 is 0 Å². The van der Waals surface area contributed by atoms with Crippen LogP contribution >= 0.6 is 11.6 Å². The summed E-state index contributed by atoms with van der Waals surface area (Å²) >= 11 is 6.25. The largest absolute Gasteiger partial charge is 0.491 e. The molecule has 0 saturated carbocycles. The van der Waals surface area contributed by atoms with Gasteiger partial charge in [0.15, 0.2) is 0 Å². The summed E-state index contributed by atoms with van der Waals surface area (Å²) in [5, 5.41) is 14.5. The van der Waals surface area contributed by atoms with Crippen molar-refractivity contribution >= 4 is 45.9 Å². The Balaban J connectivity index is 1.08. The highest BCUT2D eigenvalue weighted by Crippen LogP contribution is 2.29. The molecule has 1 aromatic heterocycles. The Hall–Kier alpha value is -4.33. The highest BCUT2D eigenvalue weighted by Gasteiger charge is 2.13. The summed E-state index contributed by atoms with van der Waals surface area (Å²) in [4.78, 5) is 46.7. The first-order valence-electron chi connectivity index (χ1n) is 19.8. The molecule has 2 amide bonds. The van der Waals surface area contributed by atoms with Crippen molar-refractivity contribution < 1.29 is 47.5 Å². The van der Waals surface area contributed by atoms with Crippen molar-refractivity contribution in [2.24, 2.45) is 5.73 Å². The van der Waals surface area contributed by atoms with E-state index in [-0.39, 0.29) is 42.9 Å². The van der Waals surface area contributed by atoms with Crippen LogP contribution in [0.4, 0.5) is 0 Å². The van der Waals surface area contributed by atoms with Crippen molar-refractivity contribution in [2.75, 3.05) is 120 Å². The zero-order valence-electron chi connectivity index (χ0n) is 34.3. The maximum atomic E-state index is 12.1. The number of hydrogen-bond donors (Lipinski definition) is 4. The van der Waals surface area contributed by atoms with Crippen molar-refractivity contribution in [1.29, 1.82) is 5.41 Å². The van der Waals surface area contributed by atoms with Crippen molar-refractivity contribution in [1.82, 2.24) is 25.5 Å². The van der Waals surface area contributed by atoms with E-state index in [2.05, 4.69) is 20.6 Å². The van der Waals surface area contributed by atoms with Gasteiger partial charge in [-0.2, -0.15) is 0 Å². The number of amides is 2. The van der Waals surface area contributed by atoms with E-state index in [0.29, 0.717) is 140 Å². The van der Waals surface area contributed by atoms with Crippen LogP contribution in [0.25, 0.3) is 22.2 Å². The Bertz CT molecular complexity index is 1700. The monoisotopic (exact) mass is 845 g/mol. The smallest absolute Gasteiger partial charge is 0.234 e. The predicted octanol–water partition coefficient (Wildman–Crippen LogP) is 2.83. The Morgan fingerprint density at radius 2 is 1.27 bits per heavy atom. The van der Waals surface area contributed by atoms with Crippen molar-refractivity contribution in [2.45, 2.75) is 32.1 Å². The highest BCUT2D eigenvalue weighted by atomic mass is 35.5. The Labute approximate surface area is 351 Å². The van der Waals surface area contributed by atoms with Gasteiger partial charge in [0.25, 0.3) is 0 Å². The second kappa shape index (κ2) is 29.8. The summed E-state index contributed by atoms with van der Waals surface area (Å²) in [7, 11) is 3.26. The highest BCUT2D eigenvalue weighted by molar-refractivity contribution is 6.31. The average molecular weight is 846 g/mol. The number of ether oxygens (including phenoxy) is 7. The van der Waals surface area contributed by atoms with Gasteiger partial charge in [-0.05, 0) is 62.4 Å². The Morgan fingerprint density at radius 3 is 1.85 bits per heavy atom. The molecule has 3 aromatic rings. The molecule has 0 aliphatic rings. The third kappa shape index (κ3) is 22.0. The topological polar surface area (TPSA) is 219 Å². The molecule has 326 valence electrons. The number of fused-ring (bicyclic) bond motifs is 1. The van der Waals surface area contributed by atoms with E-state index in [1.165, 1.54) is 0 Å². The summed E-state index contributed by atoms with van der Waals surface area (Å²) in [5.41, 5.74) is 7.89. The number of rotatable bonds is 34. The molecule has 17 nitrogen and oxygen atoms in total. The number of nitrogens with one attached hydrogen (secondary N) is 3. The lowest BCUT2D eigenvalue weighted by molar-refractivity contribution is -0.125. The summed E-state index contributed by atoms with van der Waals surface area (Å²) in [6.07, 6.45) is 2.38. The summed E-state index contributed by atoms with van der Waals surface area (Å²) in [5.74, 6) is 0.973. The van der Waals surface area contributed by atoms with Gasteiger partial charge in [0, 0.05) is 62.2 Å². The number of Topliss-reactive ketones (excluding diaryl/α,β-unsaturated/α-hetero) is 1. The number of hydrogen-bond acceptors (Lipinski definition) is 14. The SMILES string of the molecule is COCCNC(=O)CN(C)CC(=O)NCCOCCOCCCC(=O)CCCOCCOCCOCCOc1ccc(-c2nc(CC(=N)N)nc3ccc(Cl)cc23)cc1. The second-order valence-corrected chi connectivity index (χ2v) is 13.8. The third-order valence-electron chi connectivity index (χ3n) is 8.31. The zero-order chi connectivity index (χ0) is 42.5. The molecule has 0 fully saturated rings. The quantitative estimate of drug-likeness (QED) is 0.0386. The number of carbonyl (C=O) groups excluding carboxylic acids is 3. The number of aromatic nitrogens is 2. The van der Waals surface area contributed by atoms with E-state index in [1.54, 1.807) is 25.1 Å². The molecule has 5 N–H and O–H groups in total. The number of methoxy groups -OCH3 is 1. The van der Waals surface area contributed by atoms with E-state index in [0.717, 1.165) is 16.5 Å². The summed E-state index contributed by atoms with van der Waals surface area (Å²) in [6.45, 7) is 6.10. The van der Waals surface area contributed by atoms with Crippen molar-refractivity contribution in [3.8, 4) is 17.0 Å². The number of nitrogens with two attached hydrogens (primary N) is 1. The van der Waals surface area contributed by atoms with Gasteiger partial charge in [-0.1, -0.05) is 11.6 Å². The first-order chi connectivity index (χ1) is 28.6. The molecule has 1 heterocycles. The van der Waals surface area contributed by atoms with E-state index in [4.69, 9.17) is 55.9 Å². The van der Waals surface area contributed by atoms with Crippen LogP contribution in [0.15, 0.2) is 42.5 Å². The average Bonchev–Trinajstić information content (AvgIpc) is 3.20. The second-order valence-electron chi connectivity index (χ2n) is 13.4. The van der Waals surface area contributed by atoms with Gasteiger partial charge >= 0.3 is 0 Å². The molecule has 0 aliphatic heterocycles. The number of amidine groups is 1. The van der Waals surface area contributed by atoms with Gasteiger partial charge in [-0.25, -0.2) is 9.97 Å². The molecule has 0 bridgehead atoms. The van der Waals surface area contributed by atoms with Gasteiger partial charge in [-0.3, -0.25) is 24.7 Å². The lowest BCUT2D eigenvalue weighted by Gasteiger charge is -2.16. The minimum absolute atomic E-state index is 0.00982. The standard InChI is InChI=1S/C41H60ClN7O10/c1-49(29-39(51)45-13-17-53-2)30-40(52)46-14-18-56-21-19-54-15-3-5-33(50)6-4-16-55-20-22-57-23-24-58-25-26-59-34-10-7-31(8-11-34)41-35-27-32(42)9-12-36(35)47-38(48-41)28-37(43)44/h7-12,27H,3-6,13-26,28-30H2,1-2H3,(H3,43,44)(H,45,51)(H,46,52). The number of carbonyl (C=O) groups is 3. The van der Waals surface area contributed by atoms with Crippen LogP contribution in [0.2, 0.25) is 5.02 Å². The molecule has 0 unspecified atom stereocenters. The molecule has 0 atom stereocenters. The lowest BCUT2D eigenvalue weighted by Crippen LogP contribution is -2.42. The maximum Gasteiger partial charge on any atom is 0.234 e. The Morgan fingerprint density at radius 1 is 0.729 bits per heavy atom. The summed E-state index contributed by atoms with van der Waals surface area (Å²) < 4.78 is 38.4. The van der Waals surface area contributed by atoms with Crippen LogP contribution in [0.3, 0.4) is 0 Å². The first-order valence-corrected chi connectivity index (χ1v) is 20.2. The van der Waals surface area contributed by atoms with Crippen LogP contribution in [0, 0.1) is 5.41 Å². The lowest BCUT2D eigenvalue weighted by atomic mass is 10.1. The molecule has 59 heavy (non-hydrogen) atoms. The van der Waals surface area contributed by atoms with Crippen molar-refractivity contribution in [3.63, 3.8) is 0 Å². The third-order valence-corrected chi connectivity index (χ3v) is 8.54. The fourth-order valence-electron chi connectivity index (χ4n) is 5.49. The number of benzene rings is 2. The molecular formula is C41H60ClN7O10. The van der Waals surface area contributed by atoms with Gasteiger partial charge in [-0.15, -0.1) is 0 Å². The molecule has 3 rings (SSSR count). The van der Waals surface area contributed by atoms with Gasteiger partial charge < -0.3 is 49.5 Å². The minimum Gasteiger partial charge on any atom is -0.491 e. The van der Waals surface area contributed by atoms with Gasteiger partial charge in [0.2, 0.25) is 11.8 Å². The van der Waals surface area contributed by atoms with Gasteiger partial charge in [0.05, 0.1) is 96.0 Å². The molecular weight excluding hydrogens is 786 g/mol. The van der Waals surface area contributed by atoms with Crippen LogP contribution in [-0.4, -0.2) is 158 Å².